The molecule has 32 heavy (non-hydrogen) atoms. The number of nitro groups is 1. The third kappa shape index (κ3) is 7.24. The zero-order chi connectivity index (χ0) is 24.7. The lowest BCUT2D eigenvalue weighted by Crippen LogP contribution is -2.58. The minimum Gasteiger partial charge on any atom is -0.459 e. The van der Waals surface area contributed by atoms with Crippen LogP contribution in [0, 0.1) is 22.5 Å². The Balaban J connectivity index is 3.23. The van der Waals surface area contributed by atoms with Gasteiger partial charge in [0.1, 0.15) is 23.7 Å². The van der Waals surface area contributed by atoms with E-state index >= 15 is 0 Å². The lowest BCUT2D eigenvalue weighted by atomic mass is 9.94. The summed E-state index contributed by atoms with van der Waals surface area (Å²) in [6.07, 6.45) is 5.39. The summed E-state index contributed by atoms with van der Waals surface area (Å²) in [4.78, 5) is 36.8. The van der Waals surface area contributed by atoms with Crippen LogP contribution in [0.25, 0.3) is 10.4 Å². The number of carbonyl (C=O) groups is 2. The summed E-state index contributed by atoms with van der Waals surface area (Å²) in [7, 11) is -4.45. The third-order valence-electron chi connectivity index (χ3n) is 3.83. The first-order chi connectivity index (χ1) is 14.6. The predicted molar refractivity (Wildman–Crippen MR) is 112 cm³/mol. The van der Waals surface area contributed by atoms with Crippen LogP contribution in [0.1, 0.15) is 27.7 Å². The largest absolute Gasteiger partial charge is 0.459 e. The van der Waals surface area contributed by atoms with Gasteiger partial charge in [0, 0.05) is 17.0 Å². The van der Waals surface area contributed by atoms with E-state index in [2.05, 4.69) is 21.3 Å². The van der Waals surface area contributed by atoms with Crippen LogP contribution in [0.3, 0.4) is 0 Å². The van der Waals surface area contributed by atoms with Crippen molar-refractivity contribution in [2.45, 2.75) is 49.8 Å². The number of hydrogen-bond donors (Lipinski definition) is 2. The number of terminal acetylenes is 1. The average molecular weight is 466 g/mol. The second kappa shape index (κ2) is 10.1. The molecule has 0 bridgehead atoms. The van der Waals surface area contributed by atoms with E-state index in [1.807, 2.05) is 4.72 Å². The number of hydrogen-bond acceptors (Lipinski definition) is 8. The van der Waals surface area contributed by atoms with Gasteiger partial charge in [-0.3, -0.25) is 19.7 Å². The molecule has 0 unspecified atom stereocenters. The van der Waals surface area contributed by atoms with Gasteiger partial charge in [0.05, 0.1) is 9.82 Å². The molecule has 0 aliphatic heterocycles. The summed E-state index contributed by atoms with van der Waals surface area (Å²) in [5.41, 5.74) is 5.65. The van der Waals surface area contributed by atoms with E-state index in [4.69, 9.17) is 16.7 Å². The van der Waals surface area contributed by atoms with Gasteiger partial charge >= 0.3 is 5.97 Å². The normalized spacial score (nSPS) is 14.1. The van der Waals surface area contributed by atoms with E-state index < -0.39 is 55.4 Å². The smallest absolute Gasteiger partial charge is 0.325 e. The molecule has 2 atom stereocenters. The summed E-state index contributed by atoms with van der Waals surface area (Å²) >= 11 is 0. The van der Waals surface area contributed by atoms with Gasteiger partial charge in [-0.15, -0.1) is 6.42 Å². The SMILES string of the molecule is C#C[C@@](C)(N=[N+]=[N-])[C@H](NS(=O)(=O)c1ccc([N+](=O)[O-])cc1)C(=O)NCC(=O)OC(C)(C)C. The Hall–Kier alpha value is -3.66. The first kappa shape index (κ1) is 26.4. The number of carbonyl (C=O) groups excluding carboxylic acids is 2. The van der Waals surface area contributed by atoms with Crippen LogP contribution in [-0.4, -0.2) is 48.9 Å². The molecule has 13 nitrogen and oxygen atoms in total. The Morgan fingerprint density at radius 1 is 1.31 bits per heavy atom. The van der Waals surface area contributed by atoms with Crippen molar-refractivity contribution in [3.63, 3.8) is 0 Å². The number of sulfonamides is 1. The maximum absolute atomic E-state index is 12.8. The molecule has 2 N–H and O–H groups in total. The Labute approximate surface area is 184 Å². The summed E-state index contributed by atoms with van der Waals surface area (Å²) in [6.45, 7) is 5.38. The molecule has 1 aromatic carbocycles. The minimum atomic E-state index is -4.45. The standard InChI is InChI=1S/C18H22N6O7S/c1-6-18(5,22-23-19)15(16(26)20-11-14(25)31-17(2,3)4)21-32(29,30)13-9-7-12(8-10-13)24(27)28/h1,7-10,15,21H,11H2,2-5H3,(H,20,26)/t15-,18-/m1/s1. The second-order valence-electron chi connectivity index (χ2n) is 7.59. The molecule has 0 heterocycles. The first-order valence-corrected chi connectivity index (χ1v) is 10.4. The van der Waals surface area contributed by atoms with Crippen LogP contribution in [0.4, 0.5) is 5.69 Å². The van der Waals surface area contributed by atoms with E-state index in [-0.39, 0.29) is 5.69 Å². The fourth-order valence-electron chi connectivity index (χ4n) is 2.30. The summed E-state index contributed by atoms with van der Waals surface area (Å²) in [6, 6.07) is 2.00. The second-order valence-corrected chi connectivity index (χ2v) is 9.30. The maximum atomic E-state index is 12.8. The number of azide groups is 1. The first-order valence-electron chi connectivity index (χ1n) is 8.95. The number of amides is 1. The van der Waals surface area contributed by atoms with Gasteiger partial charge in [0.25, 0.3) is 5.69 Å². The molecule has 172 valence electrons. The highest BCUT2D eigenvalue weighted by Crippen LogP contribution is 2.21. The monoisotopic (exact) mass is 466 g/mol. The third-order valence-corrected chi connectivity index (χ3v) is 5.27. The van der Waals surface area contributed by atoms with Gasteiger partial charge in [0.2, 0.25) is 15.9 Å². The van der Waals surface area contributed by atoms with Crippen LogP contribution in [-0.2, 0) is 24.3 Å². The van der Waals surface area contributed by atoms with Gasteiger partial charge < -0.3 is 10.1 Å². The van der Waals surface area contributed by atoms with Crippen LogP contribution in [0.2, 0.25) is 0 Å². The molecule has 0 saturated carbocycles. The molecule has 1 rings (SSSR count). The lowest BCUT2D eigenvalue weighted by Gasteiger charge is -2.28. The van der Waals surface area contributed by atoms with Crippen LogP contribution >= 0.6 is 0 Å². The van der Waals surface area contributed by atoms with Crippen molar-refractivity contribution in [3.05, 3.63) is 44.8 Å². The van der Waals surface area contributed by atoms with Crippen LogP contribution in [0.15, 0.2) is 34.3 Å². The zero-order valence-corrected chi connectivity index (χ0v) is 18.5. The zero-order valence-electron chi connectivity index (χ0n) is 17.7. The van der Waals surface area contributed by atoms with Crippen molar-refractivity contribution < 1.29 is 27.7 Å². The quantitative estimate of drug-likeness (QED) is 0.104. The Morgan fingerprint density at radius 3 is 2.31 bits per heavy atom. The lowest BCUT2D eigenvalue weighted by molar-refractivity contribution is -0.384. The number of esters is 1. The molecule has 0 spiro atoms. The molecule has 1 aromatic rings. The summed E-state index contributed by atoms with van der Waals surface area (Å²) in [5, 5.41) is 16.3. The molecule has 0 fully saturated rings. The van der Waals surface area contributed by atoms with E-state index in [0.29, 0.717) is 0 Å². The Bertz CT molecular complexity index is 1080. The Morgan fingerprint density at radius 2 is 1.88 bits per heavy atom. The number of non-ortho nitro benzene ring substituents is 1. The Kier molecular flexibility index (Phi) is 8.32. The molecule has 0 saturated heterocycles. The van der Waals surface area contributed by atoms with Crippen molar-refractivity contribution in [1.82, 2.24) is 10.0 Å². The van der Waals surface area contributed by atoms with Crippen molar-refractivity contribution >= 4 is 27.6 Å². The van der Waals surface area contributed by atoms with Gasteiger partial charge in [0.15, 0.2) is 0 Å². The van der Waals surface area contributed by atoms with Gasteiger partial charge in [-0.1, -0.05) is 11.0 Å². The number of rotatable bonds is 9. The van der Waals surface area contributed by atoms with E-state index in [9.17, 15) is 28.1 Å². The molecule has 0 aliphatic carbocycles. The topological polar surface area (TPSA) is 193 Å². The fraction of sp³-hybridized carbons (Fsp3) is 0.444. The minimum absolute atomic E-state index is 0.349. The number of benzene rings is 1. The van der Waals surface area contributed by atoms with E-state index in [0.717, 1.165) is 31.2 Å². The molecular weight excluding hydrogens is 444 g/mol. The molecule has 0 radical (unpaired) electrons. The average Bonchev–Trinajstić information content (AvgIpc) is 2.69. The number of nitrogens with one attached hydrogen (secondary N) is 2. The maximum Gasteiger partial charge on any atom is 0.325 e. The predicted octanol–water partition coefficient (Wildman–Crippen LogP) is 1.40. The molecular formula is C18H22N6O7S. The molecule has 1 amide bonds. The van der Waals surface area contributed by atoms with Crippen molar-refractivity contribution in [3.8, 4) is 12.3 Å². The summed E-state index contributed by atoms with van der Waals surface area (Å²) in [5.74, 6) is 0.213. The van der Waals surface area contributed by atoms with Crippen LogP contribution in [0.5, 0.6) is 0 Å². The molecule has 0 aromatic heterocycles. The highest BCUT2D eigenvalue weighted by Gasteiger charge is 2.41. The highest BCUT2D eigenvalue weighted by atomic mass is 32.2. The number of ether oxygens (including phenoxy) is 1. The van der Waals surface area contributed by atoms with Gasteiger partial charge in [-0.05, 0) is 45.4 Å². The number of nitro benzene ring substituents is 1. The fourth-order valence-corrected chi connectivity index (χ4v) is 3.57. The van der Waals surface area contributed by atoms with Crippen molar-refractivity contribution in [2.75, 3.05) is 6.54 Å². The van der Waals surface area contributed by atoms with Crippen molar-refractivity contribution in [2.24, 2.45) is 5.11 Å². The van der Waals surface area contributed by atoms with Gasteiger partial charge in [-0.2, -0.15) is 4.72 Å². The summed E-state index contributed by atoms with van der Waals surface area (Å²) < 4.78 is 32.6. The van der Waals surface area contributed by atoms with Crippen LogP contribution < -0.4 is 10.0 Å². The van der Waals surface area contributed by atoms with E-state index in [1.54, 1.807) is 20.8 Å². The molecule has 14 heteroatoms. The number of nitrogens with zero attached hydrogens (tertiary/aromatic N) is 4. The molecule has 0 aliphatic rings. The van der Waals surface area contributed by atoms with Crippen molar-refractivity contribution in [1.29, 1.82) is 0 Å². The van der Waals surface area contributed by atoms with E-state index in [1.165, 1.54) is 0 Å². The highest BCUT2D eigenvalue weighted by molar-refractivity contribution is 7.89. The van der Waals surface area contributed by atoms with Gasteiger partial charge in [-0.25, -0.2) is 8.42 Å².